The summed E-state index contributed by atoms with van der Waals surface area (Å²) in [5.74, 6) is -4.16. The van der Waals surface area contributed by atoms with Crippen molar-refractivity contribution >= 4 is 27.4 Å². The molecule has 1 aliphatic heterocycles. The van der Waals surface area contributed by atoms with Crippen molar-refractivity contribution in [3.05, 3.63) is 64.7 Å². The number of halogens is 7. The Balaban J connectivity index is 1.76. The largest absolute Gasteiger partial charge is 0.416 e. The van der Waals surface area contributed by atoms with Crippen LogP contribution in [0.4, 0.5) is 30.7 Å². The van der Waals surface area contributed by atoms with Gasteiger partial charge in [0.15, 0.2) is 5.54 Å². The third-order valence-electron chi connectivity index (χ3n) is 7.55. The molecule has 4 rings (SSSR count). The van der Waals surface area contributed by atoms with Crippen LogP contribution < -0.4 is 10.0 Å². The molecule has 0 spiro atoms. The van der Waals surface area contributed by atoms with Gasteiger partial charge in [0.05, 0.1) is 5.25 Å². The number of benzene rings is 1. The number of carbonyl (C=O) groups is 2. The van der Waals surface area contributed by atoms with E-state index in [0.29, 0.717) is 6.54 Å². The third-order valence-corrected chi connectivity index (χ3v) is 9.37. The summed E-state index contributed by atoms with van der Waals surface area (Å²) in [4.78, 5) is 26.6. The molecule has 2 aromatic rings. The molecule has 7 nitrogen and oxygen atoms in total. The second-order valence-corrected chi connectivity index (χ2v) is 13.7. The number of amides is 2. The van der Waals surface area contributed by atoms with Crippen LogP contribution in [0.2, 0.25) is 0 Å². The van der Waals surface area contributed by atoms with Gasteiger partial charge in [-0.3, -0.25) is 9.59 Å². The fourth-order valence-corrected chi connectivity index (χ4v) is 6.56. The second-order valence-electron chi connectivity index (χ2n) is 11.7. The zero-order chi connectivity index (χ0) is 32.7. The van der Waals surface area contributed by atoms with E-state index in [0.717, 1.165) is 18.2 Å². The summed E-state index contributed by atoms with van der Waals surface area (Å²) in [6.07, 6.45) is -8.58. The van der Waals surface area contributed by atoms with Crippen molar-refractivity contribution < 1.29 is 48.7 Å². The van der Waals surface area contributed by atoms with Crippen LogP contribution in [-0.2, 0) is 38.1 Å². The summed E-state index contributed by atoms with van der Waals surface area (Å²) < 4.78 is 126. The highest BCUT2D eigenvalue weighted by Crippen LogP contribution is 2.49. The van der Waals surface area contributed by atoms with Crippen LogP contribution in [0.15, 0.2) is 42.2 Å². The lowest BCUT2D eigenvalue weighted by Gasteiger charge is -2.41. The van der Waals surface area contributed by atoms with E-state index in [1.807, 2.05) is 13.8 Å². The number of hydrogen-bond acceptors (Lipinski definition) is 4. The maximum Gasteiger partial charge on any atom is 0.416 e. The monoisotopic (exact) mass is 651 g/mol. The van der Waals surface area contributed by atoms with Crippen molar-refractivity contribution in [1.82, 2.24) is 14.6 Å². The van der Waals surface area contributed by atoms with Crippen LogP contribution in [0.1, 0.15) is 69.1 Å². The molecule has 1 aromatic heterocycles. The minimum Gasteiger partial charge on any atom is -0.353 e. The van der Waals surface area contributed by atoms with Gasteiger partial charge in [-0.05, 0) is 66.9 Å². The molecule has 15 heteroatoms. The quantitative estimate of drug-likeness (QED) is 0.180. The van der Waals surface area contributed by atoms with Gasteiger partial charge in [0.2, 0.25) is 10.0 Å². The van der Waals surface area contributed by atoms with Crippen LogP contribution in [0.25, 0.3) is 5.57 Å². The van der Waals surface area contributed by atoms with E-state index >= 15 is 4.39 Å². The number of hydrogen-bond donors (Lipinski definition) is 2. The lowest BCUT2D eigenvalue weighted by molar-refractivity contribution is -0.202. The molecule has 1 fully saturated rings. The normalized spacial score (nSPS) is 19.8. The summed E-state index contributed by atoms with van der Waals surface area (Å²) >= 11 is 0. The van der Waals surface area contributed by atoms with Gasteiger partial charge >= 0.3 is 12.4 Å². The average molecular weight is 652 g/mol. The maximum absolute atomic E-state index is 15.5. The summed E-state index contributed by atoms with van der Waals surface area (Å²) in [6.45, 7) is 4.23. The third kappa shape index (κ3) is 7.46. The zero-order valence-electron chi connectivity index (χ0n) is 23.9. The fourth-order valence-electron chi connectivity index (χ4n) is 5.28. The molecule has 2 aliphatic rings. The molecule has 0 saturated heterocycles. The predicted octanol–water partition coefficient (Wildman–Crippen LogP) is 5.90. The molecule has 2 heterocycles. The number of nitrogens with zero attached hydrogens (tertiary/aromatic N) is 1. The van der Waals surface area contributed by atoms with Crippen LogP contribution in [0, 0.1) is 11.7 Å². The number of aryl methyl sites for hydroxylation is 1. The van der Waals surface area contributed by atoms with Gasteiger partial charge in [0.1, 0.15) is 11.4 Å². The first-order chi connectivity index (χ1) is 20.3. The molecule has 242 valence electrons. The van der Waals surface area contributed by atoms with E-state index in [4.69, 9.17) is 0 Å². The van der Waals surface area contributed by atoms with Gasteiger partial charge in [0.25, 0.3) is 11.8 Å². The van der Waals surface area contributed by atoms with E-state index < -0.39 is 80.3 Å². The zero-order valence-corrected chi connectivity index (χ0v) is 24.7. The highest BCUT2D eigenvalue weighted by atomic mass is 32.2. The summed E-state index contributed by atoms with van der Waals surface area (Å²) in [5.41, 5.74) is -5.35. The summed E-state index contributed by atoms with van der Waals surface area (Å²) in [6, 6.07) is 4.15. The predicted molar refractivity (Wildman–Crippen MR) is 147 cm³/mol. The van der Waals surface area contributed by atoms with Crippen molar-refractivity contribution in [3.63, 3.8) is 0 Å². The molecule has 0 bridgehead atoms. The van der Waals surface area contributed by atoms with Crippen molar-refractivity contribution in [1.29, 1.82) is 0 Å². The first kappa shape index (κ1) is 33.5. The molecule has 1 atom stereocenters. The molecule has 2 amide bonds. The molecular formula is C29H32F7N3O4S. The van der Waals surface area contributed by atoms with E-state index in [9.17, 15) is 44.3 Å². The molecule has 1 aliphatic carbocycles. The van der Waals surface area contributed by atoms with Gasteiger partial charge in [-0.2, -0.15) is 26.3 Å². The SMILES string of the molecule is CC(C)Cn1ccc(C2=C(C(=O)NS(=O)(=O)C3CC3)C(=O)N[C@@](c3ccc(CCCCC(F)(F)F)cc3F)(C(F)(F)F)C2)c1. The number of aromatic nitrogens is 1. The molecule has 2 N–H and O–H groups in total. The Morgan fingerprint density at radius 1 is 1.11 bits per heavy atom. The average Bonchev–Trinajstić information content (AvgIpc) is 3.65. The van der Waals surface area contributed by atoms with Crippen LogP contribution >= 0.6 is 0 Å². The second kappa shape index (κ2) is 12.2. The topological polar surface area (TPSA) is 97.3 Å². The van der Waals surface area contributed by atoms with Crippen molar-refractivity contribution in [2.45, 2.75) is 88.5 Å². The molecule has 1 saturated carbocycles. The van der Waals surface area contributed by atoms with E-state index in [2.05, 4.69) is 0 Å². The van der Waals surface area contributed by atoms with Gasteiger partial charge in [-0.1, -0.05) is 26.0 Å². The number of alkyl halides is 6. The lowest BCUT2D eigenvalue weighted by atomic mass is 9.76. The minimum absolute atomic E-state index is 0.0158. The first-order valence-corrected chi connectivity index (χ1v) is 15.6. The van der Waals surface area contributed by atoms with Gasteiger partial charge in [0, 0.05) is 37.3 Å². The number of sulfonamides is 1. The molecule has 44 heavy (non-hydrogen) atoms. The van der Waals surface area contributed by atoms with E-state index in [1.165, 1.54) is 18.5 Å². The fraction of sp³-hybridized carbons (Fsp3) is 0.517. The van der Waals surface area contributed by atoms with E-state index in [-0.39, 0.29) is 49.1 Å². The van der Waals surface area contributed by atoms with Crippen LogP contribution in [0.3, 0.4) is 0 Å². The smallest absolute Gasteiger partial charge is 0.353 e. The first-order valence-electron chi connectivity index (χ1n) is 14.0. The van der Waals surface area contributed by atoms with Crippen LogP contribution in [0.5, 0.6) is 0 Å². The van der Waals surface area contributed by atoms with Gasteiger partial charge in [-0.15, -0.1) is 0 Å². The standard InChI is InChI=1S/C29H32F7N3O4S/c1-17(2)15-39-12-10-19(16-39)21-14-27(29(34,35)36,37-25(40)24(21)26(41)38-44(42,43)20-7-8-20)22-9-6-18(13-23(22)30)5-3-4-11-28(31,32)33/h6,9-10,12-13,16-17,20H,3-5,7-8,11,14-15H2,1-2H3,(H,37,40)(H,38,41)/t27-/m0/s1. The number of rotatable bonds is 11. The Kier molecular flexibility index (Phi) is 9.30. The Bertz CT molecular complexity index is 1560. The number of unbranched alkanes of at least 4 members (excludes halogenated alkanes) is 1. The van der Waals surface area contributed by atoms with Gasteiger partial charge < -0.3 is 9.88 Å². The Labute approximate surface area is 249 Å². The Morgan fingerprint density at radius 2 is 1.80 bits per heavy atom. The lowest BCUT2D eigenvalue weighted by Crippen LogP contribution is -2.60. The molecular weight excluding hydrogens is 619 g/mol. The van der Waals surface area contributed by atoms with Crippen molar-refractivity contribution in [2.75, 3.05) is 0 Å². The Hall–Kier alpha value is -3.36. The highest BCUT2D eigenvalue weighted by molar-refractivity contribution is 7.91. The number of nitrogens with one attached hydrogen (secondary N) is 2. The number of carbonyl (C=O) groups excluding carboxylic acids is 2. The van der Waals surface area contributed by atoms with Gasteiger partial charge in [-0.25, -0.2) is 17.5 Å². The summed E-state index contributed by atoms with van der Waals surface area (Å²) in [7, 11) is -4.18. The van der Waals surface area contributed by atoms with E-state index in [1.54, 1.807) is 14.6 Å². The van der Waals surface area contributed by atoms with Crippen molar-refractivity contribution in [3.8, 4) is 0 Å². The Morgan fingerprint density at radius 3 is 2.36 bits per heavy atom. The molecule has 1 aromatic carbocycles. The van der Waals surface area contributed by atoms with Crippen molar-refractivity contribution in [2.24, 2.45) is 5.92 Å². The minimum atomic E-state index is -5.30. The summed E-state index contributed by atoms with van der Waals surface area (Å²) in [5, 5.41) is 0.910. The maximum atomic E-state index is 15.5. The molecule has 0 unspecified atom stereocenters. The van der Waals surface area contributed by atoms with Crippen LogP contribution in [-0.4, -0.2) is 42.4 Å². The molecule has 0 radical (unpaired) electrons. The highest BCUT2D eigenvalue weighted by Gasteiger charge is 2.61.